The lowest BCUT2D eigenvalue weighted by Gasteiger charge is -2.31. The van der Waals surface area contributed by atoms with Gasteiger partial charge in [-0.1, -0.05) is 60.7 Å². The van der Waals surface area contributed by atoms with E-state index in [1.807, 2.05) is 6.07 Å². The number of benzene rings is 4. The summed E-state index contributed by atoms with van der Waals surface area (Å²) in [6.45, 7) is 3.48. The van der Waals surface area contributed by atoms with Crippen LogP contribution >= 0.6 is 0 Å². The molecule has 3 amide bonds. The summed E-state index contributed by atoms with van der Waals surface area (Å²) in [5.74, 6) is -1.13. The second kappa shape index (κ2) is 13.1. The molecule has 7 nitrogen and oxygen atoms in total. The van der Waals surface area contributed by atoms with Crippen LogP contribution in [-0.2, 0) is 15.7 Å². The molecule has 44 heavy (non-hydrogen) atoms. The van der Waals surface area contributed by atoms with Crippen molar-refractivity contribution in [2.24, 2.45) is 0 Å². The van der Waals surface area contributed by atoms with Crippen molar-refractivity contribution in [1.82, 2.24) is 10.2 Å². The number of hydrogen-bond acceptors (Lipinski definition) is 4. The topological polar surface area (TPSA) is 87.7 Å². The van der Waals surface area contributed by atoms with Crippen molar-refractivity contribution >= 4 is 23.4 Å². The van der Waals surface area contributed by atoms with Gasteiger partial charge in [-0.25, -0.2) is 0 Å². The third-order valence-corrected chi connectivity index (χ3v) is 7.41. The molecule has 0 radical (unpaired) electrons. The molecule has 0 aliphatic carbocycles. The van der Waals surface area contributed by atoms with Crippen molar-refractivity contribution in [3.05, 3.63) is 125 Å². The van der Waals surface area contributed by atoms with Crippen LogP contribution in [0, 0.1) is 6.92 Å². The molecule has 10 heteroatoms. The number of aryl methyl sites for hydroxylation is 1. The zero-order chi connectivity index (χ0) is 31.3. The van der Waals surface area contributed by atoms with Crippen LogP contribution in [0.5, 0.6) is 0 Å². The van der Waals surface area contributed by atoms with E-state index in [9.17, 15) is 27.6 Å². The Bertz CT molecular complexity index is 1650. The Morgan fingerprint density at radius 2 is 1.48 bits per heavy atom. The van der Waals surface area contributed by atoms with Gasteiger partial charge in [0.2, 0.25) is 5.91 Å². The van der Waals surface area contributed by atoms with E-state index in [-0.39, 0.29) is 11.5 Å². The Morgan fingerprint density at radius 3 is 2.14 bits per heavy atom. The van der Waals surface area contributed by atoms with Gasteiger partial charge in [-0.05, 0) is 65.6 Å². The lowest BCUT2D eigenvalue weighted by molar-refractivity contribution is -0.138. The fraction of sp³-hybridized carbons (Fsp3) is 0.206. The second-order valence-corrected chi connectivity index (χ2v) is 10.4. The molecule has 4 aromatic rings. The predicted octanol–water partition coefficient (Wildman–Crippen LogP) is 6.26. The fourth-order valence-electron chi connectivity index (χ4n) is 5.02. The summed E-state index contributed by atoms with van der Waals surface area (Å²) in [5.41, 5.74) is 2.47. The molecule has 0 aromatic heterocycles. The summed E-state index contributed by atoms with van der Waals surface area (Å²) in [6.07, 6.45) is -4.46. The molecular formula is C34H30F3N3O4. The highest BCUT2D eigenvalue weighted by Crippen LogP contribution is 2.32. The van der Waals surface area contributed by atoms with Gasteiger partial charge in [0.1, 0.15) is 6.04 Å². The van der Waals surface area contributed by atoms with Crippen LogP contribution in [-0.4, -0.2) is 48.9 Å². The van der Waals surface area contributed by atoms with Crippen LogP contribution in [0.3, 0.4) is 0 Å². The van der Waals surface area contributed by atoms with E-state index in [0.717, 1.165) is 12.1 Å². The molecule has 226 valence electrons. The first kappa shape index (κ1) is 30.5. The van der Waals surface area contributed by atoms with Crippen molar-refractivity contribution in [3.63, 3.8) is 0 Å². The smallest absolute Gasteiger partial charge is 0.378 e. The maximum atomic E-state index is 13.4. The van der Waals surface area contributed by atoms with Gasteiger partial charge in [-0.2, -0.15) is 13.2 Å². The average molecular weight is 602 g/mol. The molecule has 0 saturated carbocycles. The van der Waals surface area contributed by atoms with Gasteiger partial charge in [-0.3, -0.25) is 14.4 Å². The SMILES string of the molecule is Cc1cc(C(=O)N[C@H](C(=O)N2CCOCC2)c2ccccc2)ccc1NC(=O)c1ccccc1-c1ccc(C(F)(F)F)cc1. The number of morpholine rings is 1. The number of halogens is 3. The van der Waals surface area contributed by atoms with E-state index < -0.39 is 29.6 Å². The van der Waals surface area contributed by atoms with Crippen molar-refractivity contribution in [1.29, 1.82) is 0 Å². The predicted molar refractivity (Wildman–Crippen MR) is 160 cm³/mol. The highest BCUT2D eigenvalue weighted by molar-refractivity contribution is 6.09. The van der Waals surface area contributed by atoms with Crippen LogP contribution in [0.4, 0.5) is 18.9 Å². The molecule has 1 aliphatic rings. The number of ether oxygens (including phenoxy) is 1. The van der Waals surface area contributed by atoms with Crippen LogP contribution in [0.1, 0.15) is 43.4 Å². The van der Waals surface area contributed by atoms with Crippen molar-refractivity contribution < 1.29 is 32.3 Å². The normalized spacial score (nSPS) is 14.0. The fourth-order valence-corrected chi connectivity index (χ4v) is 5.02. The number of nitrogens with one attached hydrogen (secondary N) is 2. The molecule has 1 saturated heterocycles. The lowest BCUT2D eigenvalue weighted by atomic mass is 9.98. The van der Waals surface area contributed by atoms with Crippen molar-refractivity contribution in [2.45, 2.75) is 19.1 Å². The first-order chi connectivity index (χ1) is 21.1. The number of alkyl halides is 3. The van der Waals surface area contributed by atoms with Gasteiger partial charge >= 0.3 is 6.18 Å². The van der Waals surface area contributed by atoms with Gasteiger partial charge in [0.25, 0.3) is 11.8 Å². The summed E-state index contributed by atoms with van der Waals surface area (Å²) in [5, 5.41) is 5.71. The maximum absolute atomic E-state index is 13.4. The van der Waals surface area contributed by atoms with Crippen molar-refractivity contribution in [3.8, 4) is 11.1 Å². The zero-order valence-corrected chi connectivity index (χ0v) is 23.9. The Hall–Kier alpha value is -4.96. The van der Waals surface area contributed by atoms with Crippen LogP contribution in [0.15, 0.2) is 97.1 Å². The Labute approximate surface area is 252 Å². The van der Waals surface area contributed by atoms with E-state index in [4.69, 9.17) is 4.74 Å². The third-order valence-electron chi connectivity index (χ3n) is 7.41. The van der Waals surface area contributed by atoms with E-state index in [1.165, 1.54) is 12.1 Å². The lowest BCUT2D eigenvalue weighted by Crippen LogP contribution is -2.47. The summed E-state index contributed by atoms with van der Waals surface area (Å²) in [4.78, 5) is 41.7. The summed E-state index contributed by atoms with van der Waals surface area (Å²) < 4.78 is 44.5. The Kier molecular flexibility index (Phi) is 9.10. The van der Waals surface area contributed by atoms with E-state index in [2.05, 4.69) is 10.6 Å². The number of nitrogens with zero attached hydrogens (tertiary/aromatic N) is 1. The van der Waals surface area contributed by atoms with Crippen LogP contribution in [0.25, 0.3) is 11.1 Å². The highest BCUT2D eigenvalue weighted by Gasteiger charge is 2.31. The Morgan fingerprint density at radius 1 is 0.818 bits per heavy atom. The van der Waals surface area contributed by atoms with E-state index >= 15 is 0 Å². The van der Waals surface area contributed by atoms with Gasteiger partial charge in [-0.15, -0.1) is 0 Å². The van der Waals surface area contributed by atoms with E-state index in [1.54, 1.807) is 78.6 Å². The first-order valence-corrected chi connectivity index (χ1v) is 14.0. The summed E-state index contributed by atoms with van der Waals surface area (Å²) in [7, 11) is 0. The molecule has 1 fully saturated rings. The number of hydrogen-bond donors (Lipinski definition) is 2. The molecule has 1 heterocycles. The number of amides is 3. The largest absolute Gasteiger partial charge is 0.416 e. The minimum absolute atomic E-state index is 0.222. The number of anilines is 1. The molecule has 0 unspecified atom stereocenters. The molecule has 1 atom stereocenters. The van der Waals surface area contributed by atoms with Gasteiger partial charge in [0.05, 0.1) is 18.8 Å². The van der Waals surface area contributed by atoms with Gasteiger partial charge in [0.15, 0.2) is 0 Å². The van der Waals surface area contributed by atoms with Crippen LogP contribution < -0.4 is 10.6 Å². The molecular weight excluding hydrogens is 571 g/mol. The van der Waals surface area contributed by atoms with Gasteiger partial charge in [0, 0.05) is 29.9 Å². The van der Waals surface area contributed by atoms with Crippen molar-refractivity contribution in [2.75, 3.05) is 31.6 Å². The average Bonchev–Trinajstić information content (AvgIpc) is 3.04. The Balaban J connectivity index is 1.32. The van der Waals surface area contributed by atoms with Gasteiger partial charge < -0.3 is 20.3 Å². The monoisotopic (exact) mass is 601 g/mol. The molecule has 2 N–H and O–H groups in total. The highest BCUT2D eigenvalue weighted by atomic mass is 19.4. The van der Waals surface area contributed by atoms with E-state index in [0.29, 0.717) is 59.8 Å². The standard InChI is InChI=1S/C34H30F3N3O4/c1-22-21-25(31(41)39-30(24-7-3-2-4-8-24)33(43)40-17-19-44-20-18-40)13-16-29(22)38-32(42)28-10-6-5-9-27(28)23-11-14-26(15-12-23)34(35,36)37/h2-16,21,30H,17-20H2,1H3,(H,38,42)(H,39,41)/t30-/m0/s1. The molecule has 0 bridgehead atoms. The number of carbonyl (C=O) groups is 3. The minimum atomic E-state index is -4.46. The third kappa shape index (κ3) is 6.98. The summed E-state index contributed by atoms with van der Waals surface area (Å²) in [6, 6.07) is 24.2. The zero-order valence-electron chi connectivity index (χ0n) is 23.9. The summed E-state index contributed by atoms with van der Waals surface area (Å²) >= 11 is 0. The number of carbonyl (C=O) groups excluding carboxylic acids is 3. The quantitative estimate of drug-likeness (QED) is 0.262. The first-order valence-electron chi connectivity index (χ1n) is 14.0. The number of rotatable bonds is 7. The van der Waals surface area contributed by atoms with Crippen LogP contribution in [0.2, 0.25) is 0 Å². The molecule has 4 aromatic carbocycles. The minimum Gasteiger partial charge on any atom is -0.378 e. The molecule has 0 spiro atoms. The maximum Gasteiger partial charge on any atom is 0.416 e. The molecule has 1 aliphatic heterocycles. The molecule has 5 rings (SSSR count). The second-order valence-electron chi connectivity index (χ2n) is 10.4.